The Labute approximate surface area is 129 Å². The van der Waals surface area contributed by atoms with E-state index in [1.54, 1.807) is 31.2 Å². The van der Waals surface area contributed by atoms with Crippen molar-refractivity contribution in [2.75, 3.05) is 0 Å². The molecule has 3 rings (SSSR count). The van der Waals surface area contributed by atoms with E-state index >= 15 is 0 Å². The van der Waals surface area contributed by atoms with Crippen molar-refractivity contribution < 1.29 is 18.9 Å². The SMILES string of the molecule is CCCC(C)OC1(C)OCc2c1[n+]([O-])c1ccccc1[n+]2[O-]. The number of hydrogen-bond acceptors (Lipinski definition) is 4. The molecular formula is C16H20N2O4. The Morgan fingerprint density at radius 3 is 2.55 bits per heavy atom. The molecule has 6 heteroatoms. The molecular weight excluding hydrogens is 284 g/mol. The van der Waals surface area contributed by atoms with Gasteiger partial charge in [0.25, 0.3) is 22.5 Å². The summed E-state index contributed by atoms with van der Waals surface area (Å²) in [5.41, 5.74) is 1.23. The van der Waals surface area contributed by atoms with Crippen molar-refractivity contribution in [3.8, 4) is 0 Å². The monoisotopic (exact) mass is 304 g/mol. The fourth-order valence-electron chi connectivity index (χ4n) is 3.07. The molecule has 0 fully saturated rings. The zero-order chi connectivity index (χ0) is 15.9. The molecule has 1 aromatic heterocycles. The fraction of sp³-hybridized carbons (Fsp3) is 0.500. The van der Waals surface area contributed by atoms with Crippen LogP contribution in [0.5, 0.6) is 0 Å². The predicted octanol–water partition coefficient (Wildman–Crippen LogP) is 2.01. The van der Waals surface area contributed by atoms with Gasteiger partial charge in [-0.15, -0.1) is 0 Å². The van der Waals surface area contributed by atoms with Crippen LogP contribution < -0.4 is 9.46 Å². The van der Waals surface area contributed by atoms with Crippen molar-refractivity contribution >= 4 is 11.0 Å². The average Bonchev–Trinajstić information content (AvgIpc) is 2.83. The molecule has 22 heavy (non-hydrogen) atoms. The van der Waals surface area contributed by atoms with Crippen LogP contribution in [0.4, 0.5) is 0 Å². The number of aromatic nitrogens is 2. The Kier molecular flexibility index (Phi) is 3.66. The molecule has 6 nitrogen and oxygen atoms in total. The maximum atomic E-state index is 12.7. The second-order valence-corrected chi connectivity index (χ2v) is 5.82. The molecule has 1 aliphatic heterocycles. The van der Waals surface area contributed by atoms with Gasteiger partial charge in [0.1, 0.15) is 6.61 Å². The van der Waals surface area contributed by atoms with Crippen LogP contribution in [0.15, 0.2) is 24.3 Å². The van der Waals surface area contributed by atoms with E-state index in [9.17, 15) is 10.4 Å². The van der Waals surface area contributed by atoms with Gasteiger partial charge in [0.15, 0.2) is 0 Å². The van der Waals surface area contributed by atoms with Gasteiger partial charge >= 0.3 is 5.69 Å². The molecule has 118 valence electrons. The summed E-state index contributed by atoms with van der Waals surface area (Å²) >= 11 is 0. The van der Waals surface area contributed by atoms with Gasteiger partial charge in [-0.3, -0.25) is 0 Å². The third kappa shape index (κ3) is 2.19. The molecule has 1 aliphatic rings. The van der Waals surface area contributed by atoms with E-state index in [1.807, 2.05) is 6.92 Å². The molecule has 2 atom stereocenters. The van der Waals surface area contributed by atoms with Crippen molar-refractivity contribution in [1.29, 1.82) is 0 Å². The van der Waals surface area contributed by atoms with Gasteiger partial charge in [0.05, 0.1) is 6.10 Å². The van der Waals surface area contributed by atoms with E-state index in [2.05, 4.69) is 6.92 Å². The number of fused-ring (bicyclic) bond motifs is 2. The number of hydrogen-bond donors (Lipinski definition) is 0. The summed E-state index contributed by atoms with van der Waals surface area (Å²) in [5, 5.41) is 25.2. The van der Waals surface area contributed by atoms with E-state index in [4.69, 9.17) is 9.47 Å². The molecule has 2 aromatic rings. The lowest BCUT2D eigenvalue weighted by molar-refractivity contribution is -0.644. The molecule has 0 saturated heterocycles. The average molecular weight is 304 g/mol. The standard InChI is InChI=1S/C16H20N2O4/c1-4-7-11(2)22-16(3)15-14(10-21-16)17(19)12-8-5-6-9-13(12)18(15)20/h5-6,8-9,11H,4,7,10H2,1-3H3. The third-order valence-corrected chi connectivity index (χ3v) is 4.08. The van der Waals surface area contributed by atoms with Gasteiger partial charge in [0, 0.05) is 19.1 Å². The van der Waals surface area contributed by atoms with Gasteiger partial charge in [-0.05, 0) is 13.3 Å². The first-order valence-electron chi connectivity index (χ1n) is 7.57. The molecule has 0 spiro atoms. The summed E-state index contributed by atoms with van der Waals surface area (Å²) < 4.78 is 13.2. The van der Waals surface area contributed by atoms with E-state index in [-0.39, 0.29) is 18.4 Å². The fourth-order valence-corrected chi connectivity index (χ4v) is 3.07. The minimum Gasteiger partial charge on any atom is -0.618 e. The molecule has 0 amide bonds. The number of ether oxygens (including phenoxy) is 2. The largest absolute Gasteiger partial charge is 0.618 e. The number of rotatable bonds is 4. The van der Waals surface area contributed by atoms with Crippen LogP contribution in [0.2, 0.25) is 0 Å². The van der Waals surface area contributed by atoms with Crippen LogP contribution >= 0.6 is 0 Å². The molecule has 0 bridgehead atoms. The third-order valence-electron chi connectivity index (χ3n) is 4.08. The summed E-state index contributed by atoms with van der Waals surface area (Å²) in [5.74, 6) is -1.19. The molecule has 1 aromatic carbocycles. The van der Waals surface area contributed by atoms with E-state index < -0.39 is 5.79 Å². The highest BCUT2D eigenvalue weighted by molar-refractivity contribution is 5.67. The maximum Gasteiger partial charge on any atom is 0.324 e. The molecule has 2 heterocycles. The highest BCUT2D eigenvalue weighted by Gasteiger charge is 2.51. The molecule has 0 N–H and O–H groups in total. The quantitative estimate of drug-likeness (QED) is 0.640. The lowest BCUT2D eigenvalue weighted by Crippen LogP contribution is -2.48. The van der Waals surface area contributed by atoms with Gasteiger partial charge in [-0.2, -0.15) is 9.46 Å². The van der Waals surface area contributed by atoms with Crippen LogP contribution in [-0.4, -0.2) is 6.10 Å². The first-order chi connectivity index (χ1) is 10.5. The van der Waals surface area contributed by atoms with Crippen molar-refractivity contribution in [2.45, 2.75) is 52.1 Å². The van der Waals surface area contributed by atoms with Gasteiger partial charge in [-0.1, -0.05) is 25.5 Å². The highest BCUT2D eigenvalue weighted by atomic mass is 16.7. The Balaban J connectivity index is 2.14. The van der Waals surface area contributed by atoms with Gasteiger partial charge < -0.3 is 19.9 Å². The van der Waals surface area contributed by atoms with Gasteiger partial charge in [0.2, 0.25) is 0 Å². The normalized spacial score (nSPS) is 22.0. The minimum atomic E-state index is -1.19. The van der Waals surface area contributed by atoms with Crippen molar-refractivity contribution in [3.63, 3.8) is 0 Å². The first kappa shape index (κ1) is 15.0. The first-order valence-corrected chi connectivity index (χ1v) is 7.57. The number of benzene rings is 1. The Morgan fingerprint density at radius 1 is 1.27 bits per heavy atom. The smallest absolute Gasteiger partial charge is 0.324 e. The molecule has 0 aliphatic carbocycles. The van der Waals surface area contributed by atoms with Crippen LogP contribution in [-0.2, 0) is 21.9 Å². The van der Waals surface area contributed by atoms with E-state index in [0.29, 0.717) is 16.7 Å². The van der Waals surface area contributed by atoms with Crippen LogP contribution in [0.3, 0.4) is 0 Å². The lowest BCUT2D eigenvalue weighted by Gasteiger charge is -2.26. The van der Waals surface area contributed by atoms with E-state index in [0.717, 1.165) is 22.3 Å². The zero-order valence-electron chi connectivity index (χ0n) is 13.0. The summed E-state index contributed by atoms with van der Waals surface area (Å²) in [6.45, 7) is 5.78. The topological polar surface area (TPSA) is 72.3 Å². The minimum absolute atomic E-state index is 0.0625. The maximum absolute atomic E-state index is 12.7. The zero-order valence-corrected chi connectivity index (χ0v) is 13.0. The second kappa shape index (κ2) is 5.37. The summed E-state index contributed by atoms with van der Waals surface area (Å²) in [6.07, 6.45) is 1.77. The second-order valence-electron chi connectivity index (χ2n) is 5.82. The number of nitrogens with zero attached hydrogens (tertiary/aromatic N) is 2. The molecule has 2 unspecified atom stereocenters. The van der Waals surface area contributed by atoms with Crippen molar-refractivity contribution in [3.05, 3.63) is 46.1 Å². The Bertz CT molecular complexity index is 719. The summed E-state index contributed by atoms with van der Waals surface area (Å²) in [7, 11) is 0. The predicted molar refractivity (Wildman–Crippen MR) is 79.5 cm³/mol. The van der Waals surface area contributed by atoms with Crippen molar-refractivity contribution in [2.24, 2.45) is 0 Å². The summed E-state index contributed by atoms with van der Waals surface area (Å²) in [6, 6.07) is 6.73. The highest BCUT2D eigenvalue weighted by Crippen LogP contribution is 2.35. The van der Waals surface area contributed by atoms with E-state index in [1.165, 1.54) is 0 Å². The summed E-state index contributed by atoms with van der Waals surface area (Å²) in [4.78, 5) is 0. The Morgan fingerprint density at radius 2 is 1.91 bits per heavy atom. The Hall–Kier alpha value is -1.92. The molecule has 0 saturated carbocycles. The lowest BCUT2D eigenvalue weighted by atomic mass is 10.1. The van der Waals surface area contributed by atoms with Crippen LogP contribution in [0.25, 0.3) is 11.0 Å². The van der Waals surface area contributed by atoms with Crippen LogP contribution in [0.1, 0.15) is 45.0 Å². The van der Waals surface area contributed by atoms with Crippen molar-refractivity contribution in [1.82, 2.24) is 0 Å². The number of para-hydroxylation sites is 2. The van der Waals surface area contributed by atoms with Crippen LogP contribution in [0, 0.1) is 10.4 Å². The molecule has 0 radical (unpaired) electrons. The van der Waals surface area contributed by atoms with Gasteiger partial charge in [-0.25, -0.2) is 0 Å².